The van der Waals surface area contributed by atoms with Crippen LogP contribution in [-0.2, 0) is 4.79 Å². The molecule has 27 heavy (non-hydrogen) atoms. The maximum Gasteiger partial charge on any atom is 0.271 e. The molecule has 0 atom stereocenters. The molecule has 0 radical (unpaired) electrons. The van der Waals surface area contributed by atoms with E-state index >= 15 is 0 Å². The first-order valence-electron chi connectivity index (χ1n) is 8.59. The summed E-state index contributed by atoms with van der Waals surface area (Å²) < 4.78 is 13.0. The number of pyridine rings is 1. The Balaban J connectivity index is 1.47. The van der Waals surface area contributed by atoms with Gasteiger partial charge >= 0.3 is 0 Å². The monoisotopic (exact) mass is 370 g/mol. The van der Waals surface area contributed by atoms with Gasteiger partial charge in [0.15, 0.2) is 0 Å². The lowest BCUT2D eigenvalue weighted by molar-refractivity contribution is -0.127. The van der Waals surface area contributed by atoms with E-state index in [1.807, 2.05) is 0 Å². The van der Waals surface area contributed by atoms with Gasteiger partial charge in [-0.15, -0.1) is 0 Å². The molecule has 3 rings (SSSR count). The van der Waals surface area contributed by atoms with E-state index < -0.39 is 11.7 Å². The lowest BCUT2D eigenvalue weighted by Gasteiger charge is -2.31. The van der Waals surface area contributed by atoms with Crippen LogP contribution in [0.15, 0.2) is 48.8 Å². The number of amides is 3. The second kappa shape index (κ2) is 8.39. The molecule has 7 nitrogen and oxygen atoms in total. The van der Waals surface area contributed by atoms with Crippen molar-refractivity contribution >= 4 is 17.7 Å². The van der Waals surface area contributed by atoms with Gasteiger partial charge in [0.2, 0.25) is 5.91 Å². The van der Waals surface area contributed by atoms with Gasteiger partial charge in [-0.05, 0) is 49.2 Å². The molecule has 2 aromatic rings. The first-order chi connectivity index (χ1) is 13.0. The topological polar surface area (TPSA) is 91.4 Å². The lowest BCUT2D eigenvalue weighted by Crippen LogP contribution is -2.48. The number of nitrogens with zero attached hydrogens (tertiary/aromatic N) is 2. The molecule has 0 saturated carbocycles. The van der Waals surface area contributed by atoms with Crippen molar-refractivity contribution in [3.8, 4) is 0 Å². The van der Waals surface area contributed by atoms with E-state index in [9.17, 15) is 18.8 Å². The summed E-state index contributed by atoms with van der Waals surface area (Å²) in [5.41, 5.74) is 5.55. The third-order valence-corrected chi connectivity index (χ3v) is 4.47. The summed E-state index contributed by atoms with van der Waals surface area (Å²) >= 11 is 0. The predicted molar refractivity (Wildman–Crippen MR) is 94.9 cm³/mol. The third-order valence-electron chi connectivity index (χ3n) is 4.47. The van der Waals surface area contributed by atoms with Crippen molar-refractivity contribution < 1.29 is 18.8 Å². The van der Waals surface area contributed by atoms with Crippen LogP contribution < -0.4 is 10.9 Å². The number of aromatic nitrogens is 1. The Morgan fingerprint density at radius 3 is 2.33 bits per heavy atom. The number of nitrogens with one attached hydrogen (secondary N) is 2. The molecule has 0 spiro atoms. The standard InChI is InChI=1S/C19H19FN4O3/c20-16-5-3-14(4-6-16)19(27)24-10-7-13(8-11-24)17(25)22-23-18(26)15-2-1-9-21-12-15/h1-6,9,12-13H,7-8,10-11H2,(H,22,25)(H,23,26). The normalized spacial score (nSPS) is 14.5. The predicted octanol–water partition coefficient (Wildman–Crippen LogP) is 1.53. The number of hydrazine groups is 1. The largest absolute Gasteiger partial charge is 0.339 e. The molecule has 2 heterocycles. The van der Waals surface area contributed by atoms with Crippen molar-refractivity contribution in [2.45, 2.75) is 12.8 Å². The summed E-state index contributed by atoms with van der Waals surface area (Å²) in [6.45, 7) is 0.843. The fourth-order valence-corrected chi connectivity index (χ4v) is 2.91. The van der Waals surface area contributed by atoms with Crippen molar-refractivity contribution in [3.05, 3.63) is 65.7 Å². The molecule has 1 fully saturated rings. The number of benzene rings is 1. The van der Waals surface area contributed by atoms with Gasteiger partial charge in [-0.3, -0.25) is 30.2 Å². The lowest BCUT2D eigenvalue weighted by atomic mass is 9.95. The number of halogens is 1. The Kier molecular flexibility index (Phi) is 5.75. The zero-order valence-electron chi connectivity index (χ0n) is 14.5. The Hall–Kier alpha value is -3.29. The molecule has 1 aromatic heterocycles. The molecule has 0 unspecified atom stereocenters. The van der Waals surface area contributed by atoms with Crippen molar-refractivity contribution in [1.82, 2.24) is 20.7 Å². The smallest absolute Gasteiger partial charge is 0.271 e. The van der Waals surface area contributed by atoms with Crippen LogP contribution in [0.5, 0.6) is 0 Å². The minimum atomic E-state index is -0.444. The SMILES string of the molecule is O=C(NNC(=O)C1CCN(C(=O)c2ccc(F)cc2)CC1)c1cccnc1. The van der Waals surface area contributed by atoms with Crippen LogP contribution in [0.1, 0.15) is 33.6 Å². The second-order valence-corrected chi connectivity index (χ2v) is 6.26. The van der Waals surface area contributed by atoms with Crippen LogP contribution in [-0.4, -0.2) is 40.7 Å². The van der Waals surface area contributed by atoms with Gasteiger partial charge in [-0.2, -0.15) is 0 Å². The Morgan fingerprint density at radius 2 is 1.70 bits per heavy atom. The Labute approximate surface area is 155 Å². The van der Waals surface area contributed by atoms with Gasteiger partial charge in [-0.25, -0.2) is 4.39 Å². The molecular formula is C19H19FN4O3. The van der Waals surface area contributed by atoms with E-state index in [2.05, 4.69) is 15.8 Å². The number of piperidine rings is 1. The number of rotatable bonds is 3. The van der Waals surface area contributed by atoms with E-state index in [1.54, 1.807) is 23.2 Å². The first kappa shape index (κ1) is 18.5. The fourth-order valence-electron chi connectivity index (χ4n) is 2.91. The maximum atomic E-state index is 13.0. The number of carbonyl (C=O) groups is 3. The second-order valence-electron chi connectivity index (χ2n) is 6.26. The summed E-state index contributed by atoms with van der Waals surface area (Å²) in [6.07, 6.45) is 3.93. The maximum absolute atomic E-state index is 13.0. The number of hydrogen-bond donors (Lipinski definition) is 2. The van der Waals surface area contributed by atoms with Gasteiger partial charge in [0.05, 0.1) is 5.56 Å². The molecule has 1 saturated heterocycles. The highest BCUT2D eigenvalue weighted by molar-refractivity contribution is 5.95. The fraction of sp³-hybridized carbons (Fsp3) is 0.263. The molecule has 1 aliphatic rings. The minimum Gasteiger partial charge on any atom is -0.339 e. The van der Waals surface area contributed by atoms with E-state index in [4.69, 9.17) is 0 Å². The van der Waals surface area contributed by atoms with Gasteiger partial charge in [0.25, 0.3) is 11.8 Å². The van der Waals surface area contributed by atoms with Gasteiger partial charge in [0.1, 0.15) is 5.82 Å². The van der Waals surface area contributed by atoms with E-state index in [0.29, 0.717) is 37.1 Å². The van der Waals surface area contributed by atoms with Crippen LogP contribution in [0.4, 0.5) is 4.39 Å². The Bertz CT molecular complexity index is 819. The van der Waals surface area contributed by atoms with Gasteiger partial charge in [-0.1, -0.05) is 0 Å². The molecule has 0 aliphatic carbocycles. The molecule has 2 N–H and O–H groups in total. The highest BCUT2D eigenvalue weighted by Crippen LogP contribution is 2.19. The zero-order chi connectivity index (χ0) is 19.2. The third kappa shape index (κ3) is 4.66. The van der Waals surface area contributed by atoms with Gasteiger partial charge in [0, 0.05) is 37.0 Å². The highest BCUT2D eigenvalue weighted by atomic mass is 19.1. The Morgan fingerprint density at radius 1 is 1.00 bits per heavy atom. The summed E-state index contributed by atoms with van der Waals surface area (Å²) in [7, 11) is 0. The van der Waals surface area contributed by atoms with E-state index in [0.717, 1.165) is 0 Å². The summed E-state index contributed by atoms with van der Waals surface area (Å²) in [6, 6.07) is 8.62. The number of carbonyl (C=O) groups excluding carboxylic acids is 3. The van der Waals surface area contributed by atoms with Crippen molar-refractivity contribution in [2.75, 3.05) is 13.1 Å². The van der Waals surface area contributed by atoms with Crippen molar-refractivity contribution in [2.24, 2.45) is 5.92 Å². The highest BCUT2D eigenvalue weighted by Gasteiger charge is 2.28. The average Bonchev–Trinajstić information content (AvgIpc) is 2.72. The van der Waals surface area contributed by atoms with Crippen LogP contribution in [0.3, 0.4) is 0 Å². The van der Waals surface area contributed by atoms with Crippen LogP contribution in [0, 0.1) is 11.7 Å². The van der Waals surface area contributed by atoms with Crippen LogP contribution >= 0.6 is 0 Å². The first-order valence-corrected chi connectivity index (χ1v) is 8.59. The summed E-state index contributed by atoms with van der Waals surface area (Å²) in [4.78, 5) is 42.0. The average molecular weight is 370 g/mol. The summed E-state index contributed by atoms with van der Waals surface area (Å²) in [5.74, 6) is -1.60. The van der Waals surface area contributed by atoms with Crippen LogP contribution in [0.2, 0.25) is 0 Å². The molecule has 1 aliphatic heterocycles. The van der Waals surface area contributed by atoms with Gasteiger partial charge < -0.3 is 4.90 Å². The van der Waals surface area contributed by atoms with E-state index in [-0.39, 0.29) is 17.7 Å². The zero-order valence-corrected chi connectivity index (χ0v) is 14.5. The van der Waals surface area contributed by atoms with Crippen molar-refractivity contribution in [3.63, 3.8) is 0 Å². The minimum absolute atomic E-state index is 0.182. The van der Waals surface area contributed by atoms with E-state index in [1.165, 1.54) is 30.5 Å². The summed E-state index contributed by atoms with van der Waals surface area (Å²) in [5, 5.41) is 0. The molecule has 3 amide bonds. The van der Waals surface area contributed by atoms with Crippen molar-refractivity contribution in [1.29, 1.82) is 0 Å². The molecule has 1 aromatic carbocycles. The molecular weight excluding hydrogens is 351 g/mol. The quantitative estimate of drug-likeness (QED) is 0.802. The van der Waals surface area contributed by atoms with Crippen LogP contribution in [0.25, 0.3) is 0 Å². The molecule has 0 bridgehead atoms. The molecule has 140 valence electrons. The number of hydrogen-bond acceptors (Lipinski definition) is 4. The number of likely N-dealkylation sites (tertiary alicyclic amines) is 1. The molecule has 8 heteroatoms.